The van der Waals surface area contributed by atoms with Gasteiger partial charge in [-0.2, -0.15) is 0 Å². The van der Waals surface area contributed by atoms with Crippen LogP contribution in [0.3, 0.4) is 0 Å². The van der Waals surface area contributed by atoms with Crippen molar-refractivity contribution in [2.75, 3.05) is 26.7 Å². The maximum Gasteiger partial charge on any atom is 0.119 e. The van der Waals surface area contributed by atoms with Crippen molar-refractivity contribution in [3.63, 3.8) is 0 Å². The molecule has 1 heterocycles. The van der Waals surface area contributed by atoms with Crippen molar-refractivity contribution in [1.29, 1.82) is 0 Å². The van der Waals surface area contributed by atoms with Crippen molar-refractivity contribution in [3.05, 3.63) is 29.8 Å². The van der Waals surface area contributed by atoms with E-state index in [2.05, 4.69) is 11.0 Å². The molecule has 23 heavy (non-hydrogen) atoms. The van der Waals surface area contributed by atoms with E-state index in [9.17, 15) is 5.11 Å². The average molecular weight is 340 g/mol. The molecule has 3 nitrogen and oxygen atoms in total. The first kappa shape index (κ1) is 18.6. The molecule has 1 aliphatic carbocycles. The van der Waals surface area contributed by atoms with Crippen molar-refractivity contribution in [2.24, 2.45) is 5.92 Å². The third kappa shape index (κ3) is 4.20. The van der Waals surface area contributed by atoms with E-state index in [4.69, 9.17) is 4.74 Å². The Balaban J connectivity index is 0.00000192. The lowest BCUT2D eigenvalue weighted by atomic mass is 9.71. The number of ether oxygens (including phenoxy) is 1. The molecule has 2 atom stereocenters. The minimum Gasteiger partial charge on any atom is -0.497 e. The highest BCUT2D eigenvalue weighted by Gasteiger charge is 2.41. The number of hydrogen-bond acceptors (Lipinski definition) is 3. The molecule has 0 radical (unpaired) electrons. The lowest BCUT2D eigenvalue weighted by Crippen LogP contribution is -2.45. The number of benzene rings is 1. The molecule has 3 rings (SSSR count). The summed E-state index contributed by atoms with van der Waals surface area (Å²) in [6.07, 6.45) is 8.34. The van der Waals surface area contributed by atoms with Crippen LogP contribution in [0, 0.1) is 5.92 Å². The summed E-state index contributed by atoms with van der Waals surface area (Å²) >= 11 is 0. The highest BCUT2D eigenvalue weighted by molar-refractivity contribution is 5.85. The largest absolute Gasteiger partial charge is 0.497 e. The average Bonchev–Trinajstić information content (AvgIpc) is 2.58. The number of hydrogen-bond donors (Lipinski definition) is 1. The molecular formula is C19H30ClNO2. The van der Waals surface area contributed by atoms with Crippen LogP contribution in [-0.4, -0.2) is 36.8 Å². The molecule has 2 unspecified atom stereocenters. The van der Waals surface area contributed by atoms with Gasteiger partial charge in [-0.05, 0) is 56.5 Å². The molecular weight excluding hydrogens is 310 g/mol. The van der Waals surface area contributed by atoms with Crippen molar-refractivity contribution in [1.82, 2.24) is 4.90 Å². The molecule has 1 N–H and O–H groups in total. The van der Waals surface area contributed by atoms with Crippen LogP contribution in [0.4, 0.5) is 0 Å². The number of halogens is 1. The van der Waals surface area contributed by atoms with Crippen molar-refractivity contribution in [3.8, 4) is 5.75 Å². The van der Waals surface area contributed by atoms with E-state index in [1.165, 1.54) is 38.8 Å². The van der Waals surface area contributed by atoms with Gasteiger partial charge in [0.2, 0.25) is 0 Å². The number of rotatable bonds is 4. The van der Waals surface area contributed by atoms with Crippen LogP contribution in [0.2, 0.25) is 0 Å². The molecule has 2 aliphatic rings. The summed E-state index contributed by atoms with van der Waals surface area (Å²) in [5.74, 6) is 1.18. The Morgan fingerprint density at radius 2 is 1.96 bits per heavy atom. The van der Waals surface area contributed by atoms with E-state index in [0.29, 0.717) is 5.92 Å². The zero-order chi connectivity index (χ0) is 15.4. The van der Waals surface area contributed by atoms with Gasteiger partial charge in [0.05, 0.1) is 12.7 Å². The standard InChI is InChI=1S/C19H29NO2.ClH/c1-22-18-10-7-9-16(14-18)19(21)11-4-3-8-17(19)15-20-12-5-2-6-13-20;/h7,9-10,14,17,21H,2-6,8,11-13,15H2,1H3;1H. The van der Waals surface area contributed by atoms with Crippen molar-refractivity contribution in [2.45, 2.75) is 50.5 Å². The van der Waals surface area contributed by atoms with Gasteiger partial charge in [0, 0.05) is 12.5 Å². The zero-order valence-electron chi connectivity index (χ0n) is 14.2. The summed E-state index contributed by atoms with van der Waals surface area (Å²) in [5, 5.41) is 11.5. The summed E-state index contributed by atoms with van der Waals surface area (Å²) in [5.41, 5.74) is 0.345. The first-order valence-electron chi connectivity index (χ1n) is 8.81. The Morgan fingerprint density at radius 1 is 1.17 bits per heavy atom. The van der Waals surface area contributed by atoms with Gasteiger partial charge in [0.15, 0.2) is 0 Å². The summed E-state index contributed by atoms with van der Waals surface area (Å²) < 4.78 is 5.35. The van der Waals surface area contributed by atoms with Crippen molar-refractivity contribution >= 4 is 12.4 Å². The van der Waals surface area contributed by atoms with Crippen LogP contribution >= 0.6 is 12.4 Å². The molecule has 1 aromatic rings. The molecule has 0 aromatic heterocycles. The smallest absolute Gasteiger partial charge is 0.119 e. The summed E-state index contributed by atoms with van der Waals surface area (Å²) in [6, 6.07) is 8.04. The summed E-state index contributed by atoms with van der Waals surface area (Å²) in [7, 11) is 1.69. The second-order valence-corrected chi connectivity index (χ2v) is 6.96. The molecule has 0 spiro atoms. The van der Waals surface area contributed by atoms with E-state index in [1.807, 2.05) is 18.2 Å². The molecule has 0 bridgehead atoms. The Hall–Kier alpha value is -0.770. The number of piperidine rings is 1. The molecule has 1 saturated heterocycles. The number of nitrogens with zero attached hydrogens (tertiary/aromatic N) is 1. The van der Waals surface area contributed by atoms with E-state index in [1.54, 1.807) is 7.11 Å². The van der Waals surface area contributed by atoms with Gasteiger partial charge < -0.3 is 14.7 Å². The van der Waals surface area contributed by atoms with Crippen LogP contribution in [0.5, 0.6) is 5.75 Å². The van der Waals surface area contributed by atoms with Crippen LogP contribution in [0.1, 0.15) is 50.5 Å². The fourth-order valence-electron chi connectivity index (χ4n) is 4.20. The summed E-state index contributed by atoms with van der Waals surface area (Å²) in [6.45, 7) is 3.43. The van der Waals surface area contributed by atoms with Gasteiger partial charge in [-0.3, -0.25) is 0 Å². The molecule has 0 amide bonds. The minimum atomic E-state index is -0.690. The van der Waals surface area contributed by atoms with Crippen LogP contribution in [-0.2, 0) is 5.60 Å². The lowest BCUT2D eigenvalue weighted by Gasteiger charge is -2.43. The molecule has 1 aliphatic heterocycles. The van der Waals surface area contributed by atoms with Gasteiger partial charge in [-0.15, -0.1) is 12.4 Å². The second kappa shape index (κ2) is 8.36. The topological polar surface area (TPSA) is 32.7 Å². The molecule has 4 heteroatoms. The first-order valence-corrected chi connectivity index (χ1v) is 8.81. The predicted octanol–water partition coefficient (Wildman–Crippen LogP) is 3.98. The zero-order valence-corrected chi connectivity index (χ0v) is 15.0. The number of aliphatic hydroxyl groups is 1. The molecule has 1 aromatic carbocycles. The van der Waals surface area contributed by atoms with Crippen LogP contribution in [0.25, 0.3) is 0 Å². The summed E-state index contributed by atoms with van der Waals surface area (Å²) in [4.78, 5) is 2.56. The highest BCUT2D eigenvalue weighted by Crippen LogP contribution is 2.43. The highest BCUT2D eigenvalue weighted by atomic mass is 35.5. The Bertz CT molecular complexity index is 490. The molecule has 1 saturated carbocycles. The second-order valence-electron chi connectivity index (χ2n) is 6.96. The molecule has 130 valence electrons. The quantitative estimate of drug-likeness (QED) is 0.900. The Morgan fingerprint density at radius 3 is 2.70 bits per heavy atom. The van der Waals surface area contributed by atoms with E-state index < -0.39 is 5.60 Å². The van der Waals surface area contributed by atoms with Gasteiger partial charge in [0.25, 0.3) is 0 Å². The Kier molecular flexibility index (Phi) is 6.75. The van der Waals surface area contributed by atoms with E-state index >= 15 is 0 Å². The fourth-order valence-corrected chi connectivity index (χ4v) is 4.20. The number of likely N-dealkylation sites (tertiary alicyclic amines) is 1. The SMILES string of the molecule is COc1cccc(C2(O)CCCCC2CN2CCCCC2)c1.Cl. The van der Waals surface area contributed by atoms with Gasteiger partial charge in [-0.1, -0.05) is 31.4 Å². The number of methoxy groups -OCH3 is 1. The van der Waals surface area contributed by atoms with Gasteiger partial charge in [0.1, 0.15) is 5.75 Å². The molecule has 2 fully saturated rings. The Labute approximate surface area is 146 Å². The first-order chi connectivity index (χ1) is 10.7. The van der Waals surface area contributed by atoms with Crippen LogP contribution in [0.15, 0.2) is 24.3 Å². The maximum absolute atomic E-state index is 11.5. The van der Waals surface area contributed by atoms with Crippen LogP contribution < -0.4 is 4.74 Å². The van der Waals surface area contributed by atoms with E-state index in [-0.39, 0.29) is 12.4 Å². The maximum atomic E-state index is 11.5. The van der Waals surface area contributed by atoms with Gasteiger partial charge in [-0.25, -0.2) is 0 Å². The monoisotopic (exact) mass is 339 g/mol. The van der Waals surface area contributed by atoms with Gasteiger partial charge >= 0.3 is 0 Å². The minimum absolute atomic E-state index is 0. The van der Waals surface area contributed by atoms with E-state index in [0.717, 1.165) is 37.1 Å². The fraction of sp³-hybridized carbons (Fsp3) is 0.684. The third-order valence-corrected chi connectivity index (χ3v) is 5.53. The predicted molar refractivity (Wildman–Crippen MR) is 96.4 cm³/mol. The third-order valence-electron chi connectivity index (χ3n) is 5.53. The van der Waals surface area contributed by atoms with Crippen molar-refractivity contribution < 1.29 is 9.84 Å². The lowest BCUT2D eigenvalue weighted by molar-refractivity contribution is -0.0670. The normalized spacial score (nSPS) is 28.9.